The van der Waals surface area contributed by atoms with Crippen molar-refractivity contribution >= 4 is 23.4 Å². The first kappa shape index (κ1) is 20.1. The summed E-state index contributed by atoms with van der Waals surface area (Å²) in [6.45, 7) is -0.0612. The zero-order valence-electron chi connectivity index (χ0n) is 16.5. The molecule has 0 aromatic heterocycles. The largest absolute Gasteiger partial charge is 0.489 e. The monoisotopic (exact) mass is 410 g/mol. The Labute approximate surface area is 174 Å². The second-order valence-corrected chi connectivity index (χ2v) is 7.75. The number of nitrogens with one attached hydrogen (secondary N) is 1. The van der Waals surface area contributed by atoms with Crippen LogP contribution < -0.4 is 10.1 Å². The van der Waals surface area contributed by atoms with Crippen LogP contribution in [0.2, 0.25) is 0 Å². The van der Waals surface area contributed by atoms with E-state index in [-0.39, 0.29) is 42.6 Å². The Kier molecular flexibility index (Phi) is 5.79. The Morgan fingerprint density at radius 2 is 1.73 bits per heavy atom. The molecule has 1 heterocycles. The van der Waals surface area contributed by atoms with Crippen molar-refractivity contribution in [3.63, 3.8) is 0 Å². The molecule has 2 atom stereocenters. The number of anilines is 1. The smallest absolute Gasteiger partial charge is 0.244 e. The van der Waals surface area contributed by atoms with E-state index in [1.54, 1.807) is 30.3 Å². The molecular formula is C23H23FN2O4. The highest BCUT2D eigenvalue weighted by molar-refractivity contribution is 6.08. The molecule has 2 aromatic carbocycles. The minimum atomic E-state index is -0.418. The molecular weight excluding hydrogens is 387 g/mol. The molecule has 1 aliphatic carbocycles. The summed E-state index contributed by atoms with van der Waals surface area (Å²) in [5.41, 5.74) is 1.33. The predicted molar refractivity (Wildman–Crippen MR) is 108 cm³/mol. The number of halogens is 1. The van der Waals surface area contributed by atoms with Crippen molar-refractivity contribution < 1.29 is 23.5 Å². The van der Waals surface area contributed by atoms with Crippen LogP contribution in [0.25, 0.3) is 0 Å². The third-order valence-electron chi connectivity index (χ3n) is 5.65. The maximum Gasteiger partial charge on any atom is 0.244 e. The molecule has 0 radical (unpaired) electrons. The highest BCUT2D eigenvalue weighted by Gasteiger charge is 2.48. The number of rotatable bonds is 6. The van der Waals surface area contributed by atoms with Crippen LogP contribution in [0.15, 0.2) is 48.5 Å². The summed E-state index contributed by atoms with van der Waals surface area (Å²) < 4.78 is 18.8. The summed E-state index contributed by atoms with van der Waals surface area (Å²) in [7, 11) is 0. The van der Waals surface area contributed by atoms with E-state index in [9.17, 15) is 18.8 Å². The van der Waals surface area contributed by atoms with E-state index in [0.29, 0.717) is 11.4 Å². The van der Waals surface area contributed by atoms with Crippen LogP contribution in [0.5, 0.6) is 5.75 Å². The molecule has 30 heavy (non-hydrogen) atoms. The summed E-state index contributed by atoms with van der Waals surface area (Å²) in [6, 6.07) is 12.9. The maximum absolute atomic E-state index is 13.2. The number of carbonyl (C=O) groups excluding carboxylic acids is 3. The number of benzene rings is 2. The van der Waals surface area contributed by atoms with E-state index in [1.807, 2.05) is 6.07 Å². The highest BCUT2D eigenvalue weighted by Crippen LogP contribution is 2.37. The summed E-state index contributed by atoms with van der Waals surface area (Å²) in [6.07, 6.45) is 3.34. The van der Waals surface area contributed by atoms with Gasteiger partial charge in [0.2, 0.25) is 17.7 Å². The fourth-order valence-corrected chi connectivity index (χ4v) is 4.19. The number of hydrogen-bond acceptors (Lipinski definition) is 4. The SMILES string of the molecule is O=C(CN1C(=O)[C@H]2CCCC[C@@H]2C1=O)Nc1cccc(COc2cccc(F)c2)c1. The number of fused-ring (bicyclic) bond motifs is 1. The van der Waals surface area contributed by atoms with Gasteiger partial charge in [0.1, 0.15) is 24.7 Å². The lowest BCUT2D eigenvalue weighted by Crippen LogP contribution is -2.38. The first-order chi connectivity index (χ1) is 14.5. The van der Waals surface area contributed by atoms with Crippen LogP contribution in [-0.4, -0.2) is 29.2 Å². The first-order valence-electron chi connectivity index (χ1n) is 10.1. The number of ether oxygens (including phenoxy) is 1. The Morgan fingerprint density at radius 3 is 2.43 bits per heavy atom. The van der Waals surface area contributed by atoms with Gasteiger partial charge in [0.15, 0.2) is 0 Å². The number of nitrogens with zero attached hydrogens (tertiary/aromatic N) is 1. The molecule has 156 valence electrons. The van der Waals surface area contributed by atoms with E-state index < -0.39 is 5.91 Å². The quantitative estimate of drug-likeness (QED) is 0.740. The topological polar surface area (TPSA) is 75.7 Å². The molecule has 2 aliphatic rings. The number of carbonyl (C=O) groups is 3. The number of likely N-dealkylation sites (tertiary alicyclic amines) is 1. The van der Waals surface area contributed by atoms with Crippen LogP contribution in [0.3, 0.4) is 0 Å². The van der Waals surface area contributed by atoms with E-state index in [0.717, 1.165) is 36.1 Å². The molecule has 0 bridgehead atoms. The van der Waals surface area contributed by atoms with Crippen LogP contribution in [0, 0.1) is 17.7 Å². The Morgan fingerprint density at radius 1 is 1.03 bits per heavy atom. The van der Waals surface area contributed by atoms with E-state index in [2.05, 4.69) is 5.32 Å². The van der Waals surface area contributed by atoms with E-state index in [4.69, 9.17) is 4.74 Å². The van der Waals surface area contributed by atoms with Crippen molar-refractivity contribution in [2.75, 3.05) is 11.9 Å². The van der Waals surface area contributed by atoms with Gasteiger partial charge in [0, 0.05) is 11.8 Å². The molecule has 3 amide bonds. The molecule has 2 fully saturated rings. The van der Waals surface area contributed by atoms with Gasteiger partial charge in [-0.2, -0.15) is 0 Å². The fraction of sp³-hybridized carbons (Fsp3) is 0.348. The molecule has 0 unspecified atom stereocenters. The minimum Gasteiger partial charge on any atom is -0.489 e. The van der Waals surface area contributed by atoms with Crippen molar-refractivity contribution in [1.29, 1.82) is 0 Å². The van der Waals surface area contributed by atoms with Gasteiger partial charge in [-0.25, -0.2) is 4.39 Å². The van der Waals surface area contributed by atoms with Crippen LogP contribution in [0.1, 0.15) is 31.2 Å². The average molecular weight is 410 g/mol. The van der Waals surface area contributed by atoms with Gasteiger partial charge in [-0.1, -0.05) is 31.0 Å². The van der Waals surface area contributed by atoms with Crippen molar-refractivity contribution in [3.05, 3.63) is 59.9 Å². The number of imide groups is 1. The van der Waals surface area contributed by atoms with Gasteiger partial charge < -0.3 is 10.1 Å². The van der Waals surface area contributed by atoms with Gasteiger partial charge in [-0.15, -0.1) is 0 Å². The Bertz CT molecular complexity index is 953. The predicted octanol–water partition coefficient (Wildman–Crippen LogP) is 3.52. The van der Waals surface area contributed by atoms with Crippen LogP contribution >= 0.6 is 0 Å². The Balaban J connectivity index is 1.35. The second kappa shape index (κ2) is 8.65. The van der Waals surface area contributed by atoms with Crippen molar-refractivity contribution in [1.82, 2.24) is 4.90 Å². The average Bonchev–Trinajstić information content (AvgIpc) is 2.98. The number of hydrogen-bond donors (Lipinski definition) is 1. The summed E-state index contributed by atoms with van der Waals surface area (Å²) in [4.78, 5) is 38.6. The Hall–Kier alpha value is -3.22. The molecule has 0 spiro atoms. The molecule has 1 N–H and O–H groups in total. The highest BCUT2D eigenvalue weighted by atomic mass is 19.1. The van der Waals surface area contributed by atoms with Crippen LogP contribution in [0.4, 0.5) is 10.1 Å². The lowest BCUT2D eigenvalue weighted by molar-refractivity contribution is -0.142. The van der Waals surface area contributed by atoms with Gasteiger partial charge in [0.05, 0.1) is 11.8 Å². The van der Waals surface area contributed by atoms with Crippen molar-refractivity contribution in [2.45, 2.75) is 32.3 Å². The van der Waals surface area contributed by atoms with Gasteiger partial charge in [-0.3, -0.25) is 19.3 Å². The van der Waals surface area contributed by atoms with Gasteiger partial charge >= 0.3 is 0 Å². The molecule has 6 nitrogen and oxygen atoms in total. The fourth-order valence-electron chi connectivity index (χ4n) is 4.19. The third-order valence-corrected chi connectivity index (χ3v) is 5.65. The summed E-state index contributed by atoms with van der Waals surface area (Å²) in [5.74, 6) is -1.35. The minimum absolute atomic E-state index is 0.208. The van der Waals surface area contributed by atoms with Gasteiger partial charge in [0.25, 0.3) is 0 Å². The second-order valence-electron chi connectivity index (χ2n) is 7.75. The lowest BCUT2D eigenvalue weighted by Gasteiger charge is -2.19. The first-order valence-corrected chi connectivity index (χ1v) is 10.1. The zero-order valence-corrected chi connectivity index (χ0v) is 16.5. The summed E-state index contributed by atoms with van der Waals surface area (Å²) in [5, 5.41) is 2.74. The number of amides is 3. The molecule has 4 rings (SSSR count). The van der Waals surface area contributed by atoms with E-state index >= 15 is 0 Å². The van der Waals surface area contributed by atoms with Gasteiger partial charge in [-0.05, 0) is 42.7 Å². The zero-order chi connectivity index (χ0) is 21.1. The molecule has 1 aliphatic heterocycles. The molecule has 2 aromatic rings. The lowest BCUT2D eigenvalue weighted by atomic mass is 9.81. The van der Waals surface area contributed by atoms with Crippen molar-refractivity contribution in [2.24, 2.45) is 11.8 Å². The summed E-state index contributed by atoms with van der Waals surface area (Å²) >= 11 is 0. The standard InChI is InChI=1S/C23H23FN2O4/c24-16-6-4-8-18(12-16)30-14-15-5-3-7-17(11-15)25-21(27)13-26-22(28)19-9-1-2-10-20(19)23(26)29/h3-8,11-12,19-20H,1-2,9-10,13-14H2,(H,25,27)/t19-,20-/m0/s1. The molecule has 1 saturated heterocycles. The maximum atomic E-state index is 13.2. The van der Waals surface area contributed by atoms with Crippen LogP contribution in [-0.2, 0) is 21.0 Å². The third kappa shape index (κ3) is 4.35. The molecule has 1 saturated carbocycles. The normalized spacial score (nSPS) is 20.8. The van der Waals surface area contributed by atoms with E-state index in [1.165, 1.54) is 12.1 Å². The van der Waals surface area contributed by atoms with Crippen molar-refractivity contribution in [3.8, 4) is 5.75 Å². The molecule has 7 heteroatoms.